The normalized spacial score (nSPS) is 10.7. The smallest absolute Gasteiger partial charge is 0.144 e. The van der Waals surface area contributed by atoms with Crippen LogP contribution < -0.4 is 5.32 Å². The minimum absolute atomic E-state index is 0.245. The molecule has 0 radical (unpaired) electrons. The summed E-state index contributed by atoms with van der Waals surface area (Å²) in [6.07, 6.45) is 2.33. The zero-order valence-corrected chi connectivity index (χ0v) is 10.9. The predicted octanol–water partition coefficient (Wildman–Crippen LogP) is 2.23. The van der Waals surface area contributed by atoms with Crippen LogP contribution in [-0.4, -0.2) is 21.3 Å². The molecule has 2 aromatic heterocycles. The Morgan fingerprint density at radius 3 is 2.78 bits per heavy atom. The number of halogens is 1. The van der Waals surface area contributed by atoms with E-state index in [4.69, 9.17) is 0 Å². The van der Waals surface area contributed by atoms with E-state index in [1.165, 1.54) is 6.07 Å². The fourth-order valence-electron chi connectivity index (χ4n) is 1.76. The van der Waals surface area contributed by atoms with Crippen LogP contribution in [0.4, 0.5) is 10.1 Å². The van der Waals surface area contributed by atoms with Crippen molar-refractivity contribution in [1.29, 1.82) is 0 Å². The van der Waals surface area contributed by atoms with Gasteiger partial charge >= 0.3 is 0 Å². The average Bonchev–Trinajstić information content (AvgIpc) is 2.65. The van der Waals surface area contributed by atoms with Crippen LogP contribution in [0.15, 0.2) is 18.3 Å². The van der Waals surface area contributed by atoms with E-state index < -0.39 is 0 Å². The van der Waals surface area contributed by atoms with Crippen molar-refractivity contribution in [3.05, 3.63) is 41.2 Å². The molecular formula is C13H17FN4. The maximum Gasteiger partial charge on any atom is 0.144 e. The molecule has 0 unspecified atom stereocenters. The Morgan fingerprint density at radius 2 is 2.11 bits per heavy atom. The molecule has 2 rings (SSSR count). The lowest BCUT2D eigenvalue weighted by atomic mass is 10.2. The molecule has 2 aromatic rings. The van der Waals surface area contributed by atoms with Crippen molar-refractivity contribution in [3.8, 4) is 0 Å². The van der Waals surface area contributed by atoms with Crippen molar-refractivity contribution in [2.24, 2.45) is 7.05 Å². The lowest BCUT2D eigenvalue weighted by Crippen LogP contribution is -2.08. The summed E-state index contributed by atoms with van der Waals surface area (Å²) in [6, 6.07) is 3.14. The number of hydrogen-bond acceptors (Lipinski definition) is 3. The van der Waals surface area contributed by atoms with Crippen LogP contribution in [-0.2, 0) is 13.5 Å². The molecule has 5 heteroatoms. The average molecular weight is 248 g/mol. The Balaban J connectivity index is 1.96. The highest BCUT2D eigenvalue weighted by molar-refractivity contribution is 5.45. The van der Waals surface area contributed by atoms with Gasteiger partial charge in [0.25, 0.3) is 0 Å². The molecule has 0 fully saturated rings. The number of pyridine rings is 1. The third kappa shape index (κ3) is 2.67. The van der Waals surface area contributed by atoms with Gasteiger partial charge in [-0.25, -0.2) is 4.39 Å². The molecule has 0 aliphatic heterocycles. The van der Waals surface area contributed by atoms with E-state index in [0.717, 1.165) is 17.1 Å². The molecule has 0 saturated heterocycles. The Hall–Kier alpha value is -1.91. The van der Waals surface area contributed by atoms with Crippen LogP contribution in [0, 0.1) is 19.7 Å². The van der Waals surface area contributed by atoms with Gasteiger partial charge in [-0.05, 0) is 26.0 Å². The van der Waals surface area contributed by atoms with E-state index in [0.29, 0.717) is 18.7 Å². The molecule has 0 aromatic carbocycles. The van der Waals surface area contributed by atoms with Crippen LogP contribution in [0.3, 0.4) is 0 Å². The van der Waals surface area contributed by atoms with Crippen LogP contribution in [0.2, 0.25) is 0 Å². The molecule has 0 saturated carbocycles. The third-order valence-electron chi connectivity index (χ3n) is 2.97. The van der Waals surface area contributed by atoms with Gasteiger partial charge in [-0.3, -0.25) is 9.67 Å². The summed E-state index contributed by atoms with van der Waals surface area (Å²) in [5, 5.41) is 7.38. The van der Waals surface area contributed by atoms with E-state index in [1.54, 1.807) is 16.9 Å². The van der Waals surface area contributed by atoms with E-state index in [2.05, 4.69) is 15.4 Å². The number of rotatable bonds is 4. The molecule has 2 heterocycles. The number of hydrogen-bond donors (Lipinski definition) is 1. The molecule has 0 atom stereocenters. The summed E-state index contributed by atoms with van der Waals surface area (Å²) in [5.74, 6) is -0.245. The van der Waals surface area contributed by atoms with E-state index in [1.807, 2.05) is 20.9 Å². The van der Waals surface area contributed by atoms with Crippen LogP contribution in [0.1, 0.15) is 17.1 Å². The molecule has 0 spiro atoms. The van der Waals surface area contributed by atoms with Crippen molar-refractivity contribution in [2.75, 3.05) is 11.9 Å². The molecule has 0 aliphatic rings. The Kier molecular flexibility index (Phi) is 3.60. The lowest BCUT2D eigenvalue weighted by Gasteiger charge is -2.06. The standard InChI is InChI=1S/C13H17FN4/c1-9-4-5-11(14)12(17-9)6-7-15-13-8-16-18(3)10(13)2/h4-5,8,15H,6-7H2,1-3H3. The van der Waals surface area contributed by atoms with Gasteiger partial charge < -0.3 is 5.32 Å². The van der Waals surface area contributed by atoms with Gasteiger partial charge in [0.2, 0.25) is 0 Å². The van der Waals surface area contributed by atoms with Crippen molar-refractivity contribution >= 4 is 5.69 Å². The fourth-order valence-corrected chi connectivity index (χ4v) is 1.76. The van der Waals surface area contributed by atoms with Crippen LogP contribution in [0.25, 0.3) is 0 Å². The highest BCUT2D eigenvalue weighted by Gasteiger charge is 2.06. The first kappa shape index (κ1) is 12.5. The van der Waals surface area contributed by atoms with Gasteiger partial charge in [-0.1, -0.05) is 0 Å². The second kappa shape index (κ2) is 5.16. The Bertz CT molecular complexity index is 548. The van der Waals surface area contributed by atoms with Crippen LogP contribution >= 0.6 is 0 Å². The van der Waals surface area contributed by atoms with E-state index in [-0.39, 0.29) is 5.82 Å². The molecular weight excluding hydrogens is 231 g/mol. The number of aromatic nitrogens is 3. The Morgan fingerprint density at radius 1 is 1.33 bits per heavy atom. The maximum absolute atomic E-state index is 13.5. The second-order valence-corrected chi connectivity index (χ2v) is 4.33. The third-order valence-corrected chi connectivity index (χ3v) is 2.97. The van der Waals surface area contributed by atoms with Gasteiger partial charge in [0.15, 0.2) is 0 Å². The molecule has 4 nitrogen and oxygen atoms in total. The summed E-state index contributed by atoms with van der Waals surface area (Å²) in [4.78, 5) is 4.20. The zero-order valence-electron chi connectivity index (χ0n) is 10.9. The largest absolute Gasteiger partial charge is 0.382 e. The first-order valence-corrected chi connectivity index (χ1v) is 5.92. The quantitative estimate of drug-likeness (QED) is 0.902. The van der Waals surface area contributed by atoms with Gasteiger partial charge in [0.1, 0.15) is 5.82 Å². The number of anilines is 1. The molecule has 96 valence electrons. The fraction of sp³-hybridized carbons (Fsp3) is 0.385. The van der Waals surface area contributed by atoms with E-state index >= 15 is 0 Å². The van der Waals surface area contributed by atoms with Gasteiger partial charge in [0, 0.05) is 25.7 Å². The second-order valence-electron chi connectivity index (χ2n) is 4.33. The van der Waals surface area contributed by atoms with Gasteiger partial charge in [0.05, 0.1) is 23.3 Å². The van der Waals surface area contributed by atoms with Crippen molar-refractivity contribution in [1.82, 2.24) is 14.8 Å². The predicted molar refractivity (Wildman–Crippen MR) is 69.1 cm³/mol. The highest BCUT2D eigenvalue weighted by Crippen LogP contribution is 2.12. The maximum atomic E-state index is 13.5. The summed E-state index contributed by atoms with van der Waals surface area (Å²) in [6.45, 7) is 4.49. The van der Waals surface area contributed by atoms with Crippen molar-refractivity contribution in [3.63, 3.8) is 0 Å². The Labute approximate surface area is 106 Å². The first-order chi connectivity index (χ1) is 8.58. The molecule has 0 amide bonds. The minimum Gasteiger partial charge on any atom is -0.382 e. The highest BCUT2D eigenvalue weighted by atomic mass is 19.1. The van der Waals surface area contributed by atoms with Crippen molar-refractivity contribution in [2.45, 2.75) is 20.3 Å². The van der Waals surface area contributed by atoms with Crippen LogP contribution in [0.5, 0.6) is 0 Å². The number of nitrogens with one attached hydrogen (secondary N) is 1. The molecule has 0 aliphatic carbocycles. The van der Waals surface area contributed by atoms with Gasteiger partial charge in [-0.2, -0.15) is 5.10 Å². The summed E-state index contributed by atoms with van der Waals surface area (Å²) in [7, 11) is 1.89. The first-order valence-electron chi connectivity index (χ1n) is 5.92. The molecule has 1 N–H and O–H groups in total. The summed E-state index contributed by atoms with van der Waals surface area (Å²) < 4.78 is 15.3. The lowest BCUT2D eigenvalue weighted by molar-refractivity contribution is 0.598. The topological polar surface area (TPSA) is 42.7 Å². The molecule has 0 bridgehead atoms. The monoisotopic (exact) mass is 248 g/mol. The van der Waals surface area contributed by atoms with E-state index in [9.17, 15) is 4.39 Å². The van der Waals surface area contributed by atoms with Gasteiger partial charge in [-0.15, -0.1) is 0 Å². The SMILES string of the molecule is Cc1ccc(F)c(CCNc2cnn(C)c2C)n1. The summed E-state index contributed by atoms with van der Waals surface area (Å²) >= 11 is 0. The number of aryl methyl sites for hydroxylation is 2. The van der Waals surface area contributed by atoms with Crippen molar-refractivity contribution < 1.29 is 4.39 Å². The minimum atomic E-state index is -0.245. The number of nitrogens with zero attached hydrogens (tertiary/aromatic N) is 3. The molecule has 18 heavy (non-hydrogen) atoms. The zero-order chi connectivity index (χ0) is 13.1. The summed E-state index contributed by atoms with van der Waals surface area (Å²) in [5.41, 5.74) is 3.38.